The van der Waals surface area contributed by atoms with Crippen molar-refractivity contribution in [1.29, 1.82) is 0 Å². The van der Waals surface area contributed by atoms with Gasteiger partial charge in [-0.1, -0.05) is 32.5 Å². The van der Waals surface area contributed by atoms with E-state index >= 15 is 0 Å². The molecule has 17 heavy (non-hydrogen) atoms. The van der Waals surface area contributed by atoms with Gasteiger partial charge in [-0.05, 0) is 12.8 Å². The average Bonchev–Trinajstić information content (AvgIpc) is 2.13. The van der Waals surface area contributed by atoms with E-state index in [1.165, 1.54) is 0 Å². The van der Waals surface area contributed by atoms with E-state index in [0.29, 0.717) is 15.5 Å². The lowest BCUT2D eigenvalue weighted by Gasteiger charge is -2.45. The van der Waals surface area contributed by atoms with E-state index in [0.717, 1.165) is 32.4 Å². The number of hydrogen-bond donors (Lipinski definition) is 1. The second-order valence-electron chi connectivity index (χ2n) is 5.27. The van der Waals surface area contributed by atoms with Crippen LogP contribution in [0.1, 0.15) is 33.1 Å². The molecule has 0 aromatic carbocycles. The molecule has 2 atom stereocenters. The van der Waals surface area contributed by atoms with Crippen molar-refractivity contribution in [3.63, 3.8) is 0 Å². The highest BCUT2D eigenvalue weighted by Crippen LogP contribution is 2.43. The Labute approximate surface area is 112 Å². The fraction of sp³-hybridized carbons (Fsp3) is 0.833. The molecule has 3 nitrogen and oxygen atoms in total. The van der Waals surface area contributed by atoms with Crippen LogP contribution < -0.4 is 5.73 Å². The van der Waals surface area contributed by atoms with E-state index in [-0.39, 0.29) is 5.91 Å². The summed E-state index contributed by atoms with van der Waals surface area (Å²) in [7, 11) is 0. The van der Waals surface area contributed by atoms with Crippen LogP contribution >= 0.6 is 24.0 Å². The van der Waals surface area contributed by atoms with Gasteiger partial charge in [0, 0.05) is 23.6 Å². The molecule has 5 heteroatoms. The lowest BCUT2D eigenvalue weighted by atomic mass is 9.67. The number of thiocarbonyl (C=S) groups is 1. The average molecular weight is 272 g/mol. The monoisotopic (exact) mass is 272 g/mol. The van der Waals surface area contributed by atoms with E-state index in [4.69, 9.17) is 18.0 Å². The summed E-state index contributed by atoms with van der Waals surface area (Å²) in [4.78, 5) is 15.0. The van der Waals surface area contributed by atoms with Crippen molar-refractivity contribution in [3.8, 4) is 0 Å². The molecule has 1 saturated heterocycles. The number of rotatable bonds is 2. The third-order valence-corrected chi connectivity index (χ3v) is 5.41. The topological polar surface area (TPSA) is 46.3 Å². The summed E-state index contributed by atoms with van der Waals surface area (Å²) in [5.41, 5.74) is 5.29. The Morgan fingerprint density at radius 1 is 1.35 bits per heavy atom. The molecule has 96 valence electrons. The summed E-state index contributed by atoms with van der Waals surface area (Å²) in [6, 6.07) is 0. The highest BCUT2D eigenvalue weighted by Gasteiger charge is 2.49. The Kier molecular flexibility index (Phi) is 3.69. The number of thioether (sulfide) groups is 1. The molecule has 0 spiro atoms. The van der Waals surface area contributed by atoms with Crippen molar-refractivity contribution >= 4 is 34.9 Å². The zero-order chi connectivity index (χ0) is 12.6. The first kappa shape index (κ1) is 13.1. The van der Waals surface area contributed by atoms with Crippen LogP contribution in [0.2, 0.25) is 0 Å². The van der Waals surface area contributed by atoms with Crippen molar-refractivity contribution in [2.75, 3.05) is 13.1 Å². The van der Waals surface area contributed by atoms with Crippen molar-refractivity contribution < 1.29 is 4.79 Å². The SMILES string of the molecule is CC1CN(C(=O)C2(C(N)=S)CCC2)CC(C)S1. The molecule has 1 aliphatic carbocycles. The van der Waals surface area contributed by atoms with Gasteiger partial charge in [-0.25, -0.2) is 0 Å². The van der Waals surface area contributed by atoms with Gasteiger partial charge in [0.25, 0.3) is 0 Å². The van der Waals surface area contributed by atoms with E-state index in [1.54, 1.807) is 0 Å². The summed E-state index contributed by atoms with van der Waals surface area (Å²) in [6.45, 7) is 6.01. The second-order valence-corrected chi connectivity index (χ2v) is 7.59. The Hall–Kier alpha value is -0.290. The first-order chi connectivity index (χ1) is 7.95. The van der Waals surface area contributed by atoms with E-state index in [1.807, 2.05) is 16.7 Å². The lowest BCUT2D eigenvalue weighted by molar-refractivity contribution is -0.142. The second kappa shape index (κ2) is 4.76. The summed E-state index contributed by atoms with van der Waals surface area (Å²) in [6.07, 6.45) is 2.75. The van der Waals surface area contributed by atoms with Crippen LogP contribution in [0.15, 0.2) is 0 Å². The third-order valence-electron chi connectivity index (χ3n) is 3.79. The van der Waals surface area contributed by atoms with Gasteiger partial charge in [0.1, 0.15) is 0 Å². The standard InChI is InChI=1S/C12H20N2OS2/c1-8-6-14(7-9(2)17-8)11(15)12(10(13)16)4-3-5-12/h8-9H,3-7H2,1-2H3,(H2,13,16). The molecule has 1 heterocycles. The zero-order valence-electron chi connectivity index (χ0n) is 10.4. The van der Waals surface area contributed by atoms with Crippen molar-refractivity contribution in [2.24, 2.45) is 11.1 Å². The molecule has 2 N–H and O–H groups in total. The maximum absolute atomic E-state index is 12.6. The zero-order valence-corrected chi connectivity index (χ0v) is 12.1. The van der Waals surface area contributed by atoms with Crippen LogP contribution in [-0.4, -0.2) is 39.4 Å². The quantitative estimate of drug-likeness (QED) is 0.779. The minimum atomic E-state index is -0.503. The molecule has 0 aromatic rings. The fourth-order valence-electron chi connectivity index (χ4n) is 2.74. The highest BCUT2D eigenvalue weighted by molar-refractivity contribution is 8.00. The molecule has 0 aromatic heterocycles. The molecular weight excluding hydrogens is 252 g/mol. The first-order valence-electron chi connectivity index (χ1n) is 6.20. The molecule has 2 rings (SSSR count). The predicted octanol–water partition coefficient (Wildman–Crippen LogP) is 1.80. The summed E-state index contributed by atoms with van der Waals surface area (Å²) in [5.74, 6) is 0.176. The van der Waals surface area contributed by atoms with Gasteiger partial charge >= 0.3 is 0 Å². The minimum Gasteiger partial charge on any atom is -0.392 e. The highest BCUT2D eigenvalue weighted by atomic mass is 32.2. The molecule has 0 bridgehead atoms. The molecule has 2 fully saturated rings. The number of hydrogen-bond acceptors (Lipinski definition) is 3. The third kappa shape index (κ3) is 2.32. The molecule has 1 amide bonds. The normalized spacial score (nSPS) is 31.8. The van der Waals surface area contributed by atoms with Gasteiger partial charge in [0.05, 0.1) is 10.4 Å². The number of carbonyl (C=O) groups is 1. The van der Waals surface area contributed by atoms with Gasteiger partial charge in [-0.2, -0.15) is 11.8 Å². The summed E-state index contributed by atoms with van der Waals surface area (Å²) < 4.78 is 0. The van der Waals surface area contributed by atoms with Gasteiger partial charge in [-0.3, -0.25) is 4.79 Å². The van der Waals surface area contributed by atoms with Crippen LogP contribution in [0.3, 0.4) is 0 Å². The van der Waals surface area contributed by atoms with Crippen molar-refractivity contribution in [3.05, 3.63) is 0 Å². The Morgan fingerprint density at radius 2 is 1.88 bits per heavy atom. The van der Waals surface area contributed by atoms with Gasteiger partial charge in [0.2, 0.25) is 5.91 Å². The van der Waals surface area contributed by atoms with Crippen LogP contribution in [0.4, 0.5) is 0 Å². The van der Waals surface area contributed by atoms with Crippen LogP contribution in [0, 0.1) is 5.41 Å². The van der Waals surface area contributed by atoms with E-state index < -0.39 is 5.41 Å². The molecule has 1 aliphatic heterocycles. The maximum Gasteiger partial charge on any atom is 0.235 e. The predicted molar refractivity (Wildman–Crippen MR) is 76.2 cm³/mol. The van der Waals surface area contributed by atoms with Crippen LogP contribution in [0.5, 0.6) is 0 Å². The number of nitrogens with zero attached hydrogens (tertiary/aromatic N) is 1. The number of nitrogens with two attached hydrogens (primary N) is 1. The van der Waals surface area contributed by atoms with Crippen molar-refractivity contribution in [2.45, 2.75) is 43.6 Å². The largest absolute Gasteiger partial charge is 0.392 e. The van der Waals surface area contributed by atoms with Gasteiger partial charge < -0.3 is 10.6 Å². The van der Waals surface area contributed by atoms with Crippen LogP contribution in [0.25, 0.3) is 0 Å². The fourth-order valence-corrected chi connectivity index (χ4v) is 4.36. The lowest BCUT2D eigenvalue weighted by Crippen LogP contribution is -2.57. The molecule has 2 unspecified atom stereocenters. The smallest absolute Gasteiger partial charge is 0.235 e. The van der Waals surface area contributed by atoms with E-state index in [2.05, 4.69) is 13.8 Å². The van der Waals surface area contributed by atoms with Crippen molar-refractivity contribution in [1.82, 2.24) is 4.90 Å². The summed E-state index contributed by atoms with van der Waals surface area (Å²) in [5, 5.41) is 1.01. The number of amides is 1. The molecular formula is C12H20N2OS2. The van der Waals surface area contributed by atoms with Gasteiger partial charge in [0.15, 0.2) is 0 Å². The summed E-state index contributed by atoms with van der Waals surface area (Å²) >= 11 is 7.06. The molecule has 2 aliphatic rings. The number of carbonyl (C=O) groups excluding carboxylic acids is 1. The first-order valence-corrected chi connectivity index (χ1v) is 7.55. The molecule has 1 saturated carbocycles. The minimum absolute atomic E-state index is 0.176. The Morgan fingerprint density at radius 3 is 2.24 bits per heavy atom. The Balaban J connectivity index is 2.11. The van der Waals surface area contributed by atoms with Gasteiger partial charge in [-0.15, -0.1) is 0 Å². The van der Waals surface area contributed by atoms with Crippen LogP contribution in [-0.2, 0) is 4.79 Å². The maximum atomic E-state index is 12.6. The Bertz CT molecular complexity index is 331. The van der Waals surface area contributed by atoms with E-state index in [9.17, 15) is 4.79 Å². The molecule has 0 radical (unpaired) electrons.